The maximum absolute atomic E-state index is 12.6. The van der Waals surface area contributed by atoms with Gasteiger partial charge in [-0.25, -0.2) is 4.68 Å². The van der Waals surface area contributed by atoms with Gasteiger partial charge in [-0.3, -0.25) is 9.36 Å². The van der Waals surface area contributed by atoms with E-state index >= 15 is 0 Å². The molecule has 134 valence electrons. The number of hydrogen-bond acceptors (Lipinski definition) is 6. The topological polar surface area (TPSA) is 92.8 Å². The number of hydrogen-bond donors (Lipinski definition) is 0. The van der Waals surface area contributed by atoms with Crippen molar-refractivity contribution in [3.05, 3.63) is 51.8 Å². The number of aromatic nitrogens is 4. The summed E-state index contributed by atoms with van der Waals surface area (Å²) in [5.41, 5.74) is 3.20. The van der Waals surface area contributed by atoms with Crippen LogP contribution in [0.3, 0.4) is 0 Å². The maximum atomic E-state index is 12.6. The van der Waals surface area contributed by atoms with Gasteiger partial charge in [-0.05, 0) is 29.2 Å². The molecule has 0 N–H and O–H groups in total. The zero-order valence-electron chi connectivity index (χ0n) is 15.4. The van der Waals surface area contributed by atoms with Crippen LogP contribution in [-0.4, -0.2) is 31.3 Å². The fourth-order valence-corrected chi connectivity index (χ4v) is 4.94. The number of carbonyl (C=O) groups excluding carboxylic acids is 1. The molecule has 0 fully saturated rings. The van der Waals surface area contributed by atoms with Crippen molar-refractivity contribution in [2.45, 2.75) is 37.4 Å². The molecule has 0 saturated carbocycles. The normalized spacial score (nSPS) is 15.7. The fraction of sp³-hybridized carbons (Fsp3) is 0.333. The molecule has 0 saturated heterocycles. The minimum atomic E-state index is -1.22. The van der Waals surface area contributed by atoms with E-state index in [9.17, 15) is 14.7 Å². The van der Waals surface area contributed by atoms with E-state index in [4.69, 9.17) is 0 Å². The summed E-state index contributed by atoms with van der Waals surface area (Å²) in [7, 11) is 0. The number of carbonyl (C=O) groups is 1. The molecule has 9 heteroatoms. The second-order valence-corrected chi connectivity index (χ2v) is 7.64. The second kappa shape index (κ2) is 7.55. The van der Waals surface area contributed by atoms with Gasteiger partial charge in [0.2, 0.25) is 0 Å². The van der Waals surface area contributed by atoms with Crippen LogP contribution < -0.4 is 29.5 Å². The minimum absolute atomic E-state index is 0. The molecule has 27 heavy (non-hydrogen) atoms. The summed E-state index contributed by atoms with van der Waals surface area (Å²) in [4.78, 5) is 24.0. The molecule has 0 bridgehead atoms. The Labute approximate surface area is 171 Å². The molecule has 1 aromatic carbocycles. The molecular weight excluding hydrogens is 359 g/mol. The number of carboxylic acid groups (broad SMARTS) is 1. The molecule has 3 heterocycles. The average Bonchev–Trinajstić information content (AvgIpc) is 3.20. The van der Waals surface area contributed by atoms with Crippen LogP contribution in [0.4, 0.5) is 0 Å². The van der Waals surface area contributed by atoms with Crippen molar-refractivity contribution in [1.82, 2.24) is 19.6 Å². The van der Waals surface area contributed by atoms with Crippen LogP contribution in [0.5, 0.6) is 0 Å². The minimum Gasteiger partial charge on any atom is -0.548 e. The molecule has 1 atom stereocenters. The first-order valence-corrected chi connectivity index (χ1v) is 9.36. The molecule has 0 aliphatic carbocycles. The molecule has 4 rings (SSSR count). The predicted octanol–water partition coefficient (Wildman–Crippen LogP) is -1.83. The van der Waals surface area contributed by atoms with Gasteiger partial charge >= 0.3 is 18.9 Å². The van der Waals surface area contributed by atoms with Crippen molar-refractivity contribution < 1.29 is 28.8 Å². The first kappa shape index (κ1) is 19.7. The number of thioether (sulfide) groups is 1. The molecule has 7 nitrogen and oxygen atoms in total. The van der Waals surface area contributed by atoms with E-state index in [0.29, 0.717) is 12.3 Å². The van der Waals surface area contributed by atoms with Gasteiger partial charge in [-0.1, -0.05) is 31.2 Å². The number of fused-ring (bicyclic) bond motifs is 2. The summed E-state index contributed by atoms with van der Waals surface area (Å²) < 4.78 is 3.13. The van der Waals surface area contributed by atoms with Crippen molar-refractivity contribution in [1.29, 1.82) is 0 Å². The van der Waals surface area contributed by atoms with E-state index in [2.05, 4.69) is 10.3 Å². The second-order valence-electron chi connectivity index (χ2n) is 6.63. The van der Waals surface area contributed by atoms with Crippen LogP contribution in [0.25, 0.3) is 11.0 Å². The molecule has 2 aromatic heterocycles. The molecule has 1 aliphatic heterocycles. The summed E-state index contributed by atoms with van der Waals surface area (Å²) in [6.45, 7) is 4.49. The van der Waals surface area contributed by atoms with Crippen molar-refractivity contribution >= 4 is 28.8 Å². The third-order valence-corrected chi connectivity index (χ3v) is 5.78. The number of para-hydroxylation sites is 1. The molecule has 0 radical (unpaired) electrons. The van der Waals surface area contributed by atoms with Crippen molar-refractivity contribution in [2.75, 3.05) is 5.75 Å². The largest absolute Gasteiger partial charge is 1.00 e. The van der Waals surface area contributed by atoms with Gasteiger partial charge in [-0.15, -0.1) is 16.9 Å². The van der Waals surface area contributed by atoms with Gasteiger partial charge in [0.05, 0.1) is 29.1 Å². The Morgan fingerprint density at radius 2 is 2.11 bits per heavy atom. The van der Waals surface area contributed by atoms with Crippen LogP contribution in [0.1, 0.15) is 36.9 Å². The van der Waals surface area contributed by atoms with E-state index in [1.54, 1.807) is 4.68 Å². The van der Waals surface area contributed by atoms with Gasteiger partial charge in [0.25, 0.3) is 5.56 Å². The van der Waals surface area contributed by atoms with Gasteiger partial charge in [0.15, 0.2) is 0 Å². The quantitative estimate of drug-likeness (QED) is 0.497. The first-order valence-electron chi connectivity index (χ1n) is 8.37. The summed E-state index contributed by atoms with van der Waals surface area (Å²) in [6, 6.07) is 8.26. The third-order valence-electron chi connectivity index (χ3n) is 4.61. The molecule has 1 aliphatic rings. The number of nitrogens with zero attached hydrogens (tertiary/aromatic N) is 4. The molecule has 3 aromatic rings. The summed E-state index contributed by atoms with van der Waals surface area (Å²) in [5, 5.41) is 20.5. The Morgan fingerprint density at radius 1 is 1.37 bits per heavy atom. The number of benzene rings is 1. The SMILES string of the molecule is CC(C)c1c(Cn2nnc3ccccc32)cc(=O)n2c1SC[C@H]2C(=O)[O-].[Li+]. The van der Waals surface area contributed by atoms with Gasteiger partial charge in [0, 0.05) is 11.8 Å². The van der Waals surface area contributed by atoms with Crippen LogP contribution in [0, 0.1) is 0 Å². The van der Waals surface area contributed by atoms with Crippen molar-refractivity contribution in [3.8, 4) is 0 Å². The first-order chi connectivity index (χ1) is 12.5. The maximum Gasteiger partial charge on any atom is 1.00 e. The molecule has 0 spiro atoms. The molecule has 0 unspecified atom stereocenters. The van der Waals surface area contributed by atoms with Crippen LogP contribution in [0.2, 0.25) is 0 Å². The smallest absolute Gasteiger partial charge is 0.548 e. The van der Waals surface area contributed by atoms with Gasteiger partial charge in [-0.2, -0.15) is 0 Å². The fourth-order valence-electron chi connectivity index (χ4n) is 3.46. The van der Waals surface area contributed by atoms with Crippen LogP contribution in [0.15, 0.2) is 40.2 Å². The average molecular weight is 376 g/mol. The molecule has 0 amide bonds. The Balaban J connectivity index is 0.00000210. The van der Waals surface area contributed by atoms with E-state index in [1.165, 1.54) is 22.4 Å². The van der Waals surface area contributed by atoms with Crippen LogP contribution in [-0.2, 0) is 11.3 Å². The monoisotopic (exact) mass is 376 g/mol. The zero-order chi connectivity index (χ0) is 18.4. The standard InChI is InChI=1S/C18H18N4O3S.Li/c1-10(2)16-11(8-21-13-6-4-3-5-12(13)19-20-21)7-15(23)22-14(18(24)25)9-26-17(16)22;/h3-7,10,14H,8-9H2,1-2H3,(H,24,25);/q;+1/p-1/t14-;/m0./s1. The van der Waals surface area contributed by atoms with Crippen molar-refractivity contribution in [2.24, 2.45) is 0 Å². The van der Waals surface area contributed by atoms with Gasteiger partial charge < -0.3 is 9.90 Å². The predicted molar refractivity (Wildman–Crippen MR) is 96.2 cm³/mol. The van der Waals surface area contributed by atoms with E-state index in [-0.39, 0.29) is 30.3 Å². The van der Waals surface area contributed by atoms with E-state index in [1.807, 2.05) is 38.1 Å². The summed E-state index contributed by atoms with van der Waals surface area (Å²) in [6.07, 6.45) is 0. The van der Waals surface area contributed by atoms with E-state index in [0.717, 1.165) is 27.2 Å². The van der Waals surface area contributed by atoms with E-state index < -0.39 is 12.0 Å². The number of rotatable bonds is 4. The number of aliphatic carboxylic acids is 1. The van der Waals surface area contributed by atoms with Crippen LogP contribution >= 0.6 is 11.8 Å². The van der Waals surface area contributed by atoms with Gasteiger partial charge in [0.1, 0.15) is 5.52 Å². The van der Waals surface area contributed by atoms with Crippen molar-refractivity contribution in [3.63, 3.8) is 0 Å². The third kappa shape index (κ3) is 3.33. The zero-order valence-corrected chi connectivity index (χ0v) is 16.2. The number of carboxylic acids is 1. The Kier molecular flexibility index (Phi) is 5.52. The number of pyridine rings is 1. The summed E-state index contributed by atoms with van der Waals surface area (Å²) in [5.74, 6) is -0.773. The Bertz CT molecular complexity index is 1080. The summed E-state index contributed by atoms with van der Waals surface area (Å²) >= 11 is 1.40. The Hall–Kier alpha value is -2.01. The Morgan fingerprint density at radius 3 is 2.81 bits per heavy atom. The molecular formula is C18H17LiN4O3S.